The maximum Gasteiger partial charge on any atom is 0.259 e. The maximum absolute atomic E-state index is 13.0. The molecule has 0 radical (unpaired) electrons. The van der Waals surface area contributed by atoms with Gasteiger partial charge in [-0.3, -0.25) is 4.79 Å². The Morgan fingerprint density at radius 3 is 2.45 bits per heavy atom. The van der Waals surface area contributed by atoms with Crippen molar-refractivity contribution in [3.8, 4) is 17.3 Å². The van der Waals surface area contributed by atoms with Crippen LogP contribution in [0.1, 0.15) is 40.4 Å². The summed E-state index contributed by atoms with van der Waals surface area (Å²) in [7, 11) is 0. The smallest absolute Gasteiger partial charge is 0.259 e. The second-order valence-corrected chi connectivity index (χ2v) is 7.72. The van der Waals surface area contributed by atoms with Crippen molar-refractivity contribution in [2.45, 2.75) is 25.7 Å². The number of carbonyl (C=O) groups excluding carboxylic acids is 1. The molecule has 0 spiro atoms. The molecule has 6 nitrogen and oxygen atoms in total. The van der Waals surface area contributed by atoms with E-state index in [1.807, 2.05) is 66.2 Å². The number of amides is 1. The second kappa shape index (κ2) is 8.07. The molecule has 0 saturated heterocycles. The van der Waals surface area contributed by atoms with Crippen molar-refractivity contribution in [2.75, 3.05) is 5.32 Å². The summed E-state index contributed by atoms with van der Waals surface area (Å²) in [5.41, 5.74) is 4.31. The monoisotopic (exact) mass is 410 g/mol. The van der Waals surface area contributed by atoms with Crippen molar-refractivity contribution in [1.29, 1.82) is 0 Å². The molecule has 1 saturated carbocycles. The van der Waals surface area contributed by atoms with Crippen LogP contribution in [-0.4, -0.2) is 20.7 Å². The van der Waals surface area contributed by atoms with Gasteiger partial charge in [0, 0.05) is 12.0 Å². The van der Waals surface area contributed by atoms with E-state index in [4.69, 9.17) is 4.74 Å². The number of nitrogens with one attached hydrogen (secondary N) is 1. The Balaban J connectivity index is 1.32. The SMILES string of the molecule is Cc1ccc(Oc2ccc(NC(=O)c3cnn(-c4ccccc4)c3C3CC3)cn2)cc1. The highest BCUT2D eigenvalue weighted by molar-refractivity contribution is 6.05. The number of hydrogen-bond acceptors (Lipinski definition) is 4. The number of nitrogens with zero attached hydrogens (tertiary/aromatic N) is 3. The first-order chi connectivity index (χ1) is 15.2. The van der Waals surface area contributed by atoms with E-state index in [-0.39, 0.29) is 5.91 Å². The highest BCUT2D eigenvalue weighted by Gasteiger charge is 2.33. The van der Waals surface area contributed by atoms with Crippen molar-refractivity contribution in [1.82, 2.24) is 14.8 Å². The van der Waals surface area contributed by atoms with Gasteiger partial charge in [0.05, 0.1) is 35.0 Å². The Labute approximate surface area is 180 Å². The van der Waals surface area contributed by atoms with E-state index in [0.29, 0.717) is 23.0 Å². The maximum atomic E-state index is 13.0. The third-order valence-corrected chi connectivity index (χ3v) is 5.25. The van der Waals surface area contributed by atoms with E-state index < -0.39 is 0 Å². The third kappa shape index (κ3) is 4.19. The minimum absolute atomic E-state index is 0.182. The highest BCUT2D eigenvalue weighted by atomic mass is 16.5. The van der Waals surface area contributed by atoms with Crippen LogP contribution < -0.4 is 10.1 Å². The summed E-state index contributed by atoms with van der Waals surface area (Å²) in [5.74, 6) is 1.37. The van der Waals surface area contributed by atoms with Crippen LogP contribution in [-0.2, 0) is 0 Å². The van der Waals surface area contributed by atoms with Crippen molar-refractivity contribution < 1.29 is 9.53 Å². The van der Waals surface area contributed by atoms with Crippen LogP contribution in [0.25, 0.3) is 5.69 Å². The van der Waals surface area contributed by atoms with Gasteiger partial charge in [-0.05, 0) is 50.1 Å². The van der Waals surface area contributed by atoms with Crippen molar-refractivity contribution in [3.63, 3.8) is 0 Å². The van der Waals surface area contributed by atoms with Crippen LogP contribution in [0.4, 0.5) is 5.69 Å². The molecule has 0 aliphatic heterocycles. The minimum Gasteiger partial charge on any atom is -0.439 e. The Kier molecular flexibility index (Phi) is 4.96. The minimum atomic E-state index is -0.182. The van der Waals surface area contributed by atoms with Crippen LogP contribution in [0.3, 0.4) is 0 Å². The van der Waals surface area contributed by atoms with Gasteiger partial charge in [0.25, 0.3) is 5.91 Å². The fourth-order valence-electron chi connectivity index (χ4n) is 3.50. The summed E-state index contributed by atoms with van der Waals surface area (Å²) in [6.45, 7) is 2.03. The van der Waals surface area contributed by atoms with Gasteiger partial charge < -0.3 is 10.1 Å². The lowest BCUT2D eigenvalue weighted by Crippen LogP contribution is -2.14. The van der Waals surface area contributed by atoms with Gasteiger partial charge in [0.1, 0.15) is 5.75 Å². The predicted octanol–water partition coefficient (Wildman–Crippen LogP) is 5.50. The topological polar surface area (TPSA) is 69.0 Å². The van der Waals surface area contributed by atoms with E-state index >= 15 is 0 Å². The number of rotatable bonds is 6. The average molecular weight is 410 g/mol. The van der Waals surface area contributed by atoms with Crippen molar-refractivity contribution >= 4 is 11.6 Å². The summed E-state index contributed by atoms with van der Waals surface area (Å²) in [6.07, 6.45) is 5.40. The molecular weight excluding hydrogens is 388 g/mol. The summed E-state index contributed by atoms with van der Waals surface area (Å²) in [4.78, 5) is 17.3. The first kappa shape index (κ1) is 19.1. The molecule has 0 bridgehead atoms. The molecule has 1 amide bonds. The molecule has 5 rings (SSSR count). The molecule has 1 aliphatic rings. The van der Waals surface area contributed by atoms with Crippen LogP contribution >= 0.6 is 0 Å². The zero-order chi connectivity index (χ0) is 21.2. The number of carbonyl (C=O) groups is 1. The first-order valence-electron chi connectivity index (χ1n) is 10.3. The van der Waals surface area contributed by atoms with E-state index in [1.54, 1.807) is 24.5 Å². The summed E-state index contributed by atoms with van der Waals surface area (Å²) >= 11 is 0. The van der Waals surface area contributed by atoms with Crippen LogP contribution in [0.5, 0.6) is 11.6 Å². The molecule has 1 aliphatic carbocycles. The second-order valence-electron chi connectivity index (χ2n) is 7.72. The molecule has 0 unspecified atom stereocenters. The van der Waals surface area contributed by atoms with Gasteiger partial charge >= 0.3 is 0 Å². The fraction of sp³-hybridized carbons (Fsp3) is 0.160. The normalized spacial score (nSPS) is 13.1. The molecule has 2 aromatic carbocycles. The fourth-order valence-corrected chi connectivity index (χ4v) is 3.50. The number of aromatic nitrogens is 3. The molecule has 0 atom stereocenters. The Morgan fingerprint density at radius 1 is 1.00 bits per heavy atom. The van der Waals surface area contributed by atoms with Crippen LogP contribution in [0, 0.1) is 6.92 Å². The molecule has 1 N–H and O–H groups in total. The largest absolute Gasteiger partial charge is 0.439 e. The van der Waals surface area contributed by atoms with E-state index in [0.717, 1.165) is 30.0 Å². The van der Waals surface area contributed by atoms with Gasteiger partial charge in [-0.25, -0.2) is 9.67 Å². The first-order valence-corrected chi connectivity index (χ1v) is 10.3. The molecular formula is C25H22N4O2. The number of para-hydroxylation sites is 1. The number of anilines is 1. The lowest BCUT2D eigenvalue weighted by atomic mass is 10.1. The number of ether oxygens (including phenoxy) is 1. The zero-order valence-corrected chi connectivity index (χ0v) is 17.2. The average Bonchev–Trinajstić information content (AvgIpc) is 3.54. The molecule has 6 heteroatoms. The van der Waals surface area contributed by atoms with Crippen molar-refractivity contribution in [2.24, 2.45) is 0 Å². The Bertz CT molecular complexity index is 1190. The lowest BCUT2D eigenvalue weighted by Gasteiger charge is -2.10. The molecule has 4 aromatic rings. The van der Waals surface area contributed by atoms with E-state index in [9.17, 15) is 4.79 Å². The highest BCUT2D eigenvalue weighted by Crippen LogP contribution is 2.42. The Hall–Kier alpha value is -3.93. The van der Waals surface area contributed by atoms with Crippen LogP contribution in [0.15, 0.2) is 79.1 Å². The predicted molar refractivity (Wildman–Crippen MR) is 119 cm³/mol. The Morgan fingerprint density at radius 2 is 1.77 bits per heavy atom. The van der Waals surface area contributed by atoms with Gasteiger partial charge in [-0.1, -0.05) is 35.9 Å². The summed E-state index contributed by atoms with van der Waals surface area (Å²) in [6, 6.07) is 21.2. The van der Waals surface area contributed by atoms with Gasteiger partial charge in [-0.2, -0.15) is 5.10 Å². The molecule has 1 fully saturated rings. The number of aryl methyl sites for hydroxylation is 1. The number of hydrogen-bond donors (Lipinski definition) is 1. The molecule has 2 heterocycles. The van der Waals surface area contributed by atoms with E-state index in [2.05, 4.69) is 15.4 Å². The number of pyridine rings is 1. The third-order valence-electron chi connectivity index (χ3n) is 5.25. The molecule has 154 valence electrons. The summed E-state index contributed by atoms with van der Waals surface area (Å²) in [5, 5.41) is 7.43. The molecule has 2 aromatic heterocycles. The number of benzene rings is 2. The lowest BCUT2D eigenvalue weighted by molar-refractivity contribution is 0.102. The zero-order valence-electron chi connectivity index (χ0n) is 17.2. The molecule has 31 heavy (non-hydrogen) atoms. The van der Waals surface area contributed by atoms with Gasteiger partial charge in [0.15, 0.2) is 0 Å². The van der Waals surface area contributed by atoms with Crippen molar-refractivity contribution in [3.05, 3.63) is 95.9 Å². The van der Waals surface area contributed by atoms with Gasteiger partial charge in [-0.15, -0.1) is 0 Å². The quantitative estimate of drug-likeness (QED) is 0.456. The standard InChI is InChI=1S/C25H22N4O2/c1-17-7-12-21(13-8-17)31-23-14-11-19(15-26-23)28-25(30)22-16-27-29(24(22)18-9-10-18)20-5-3-2-4-6-20/h2-8,11-16,18H,9-10H2,1H3,(H,28,30). The summed E-state index contributed by atoms with van der Waals surface area (Å²) < 4.78 is 7.63. The van der Waals surface area contributed by atoms with E-state index in [1.165, 1.54) is 5.56 Å². The van der Waals surface area contributed by atoms with Gasteiger partial charge in [0.2, 0.25) is 5.88 Å². The van der Waals surface area contributed by atoms with Crippen LogP contribution in [0.2, 0.25) is 0 Å².